The Morgan fingerprint density at radius 1 is 1.14 bits per heavy atom. The van der Waals surface area contributed by atoms with Crippen molar-refractivity contribution in [2.75, 3.05) is 18.0 Å². The highest BCUT2D eigenvalue weighted by Crippen LogP contribution is 2.39. The number of ether oxygens (including phenoxy) is 1. The van der Waals surface area contributed by atoms with Crippen molar-refractivity contribution in [3.8, 4) is 0 Å². The van der Waals surface area contributed by atoms with Crippen molar-refractivity contribution in [1.82, 2.24) is 15.0 Å². The van der Waals surface area contributed by atoms with Gasteiger partial charge in [-0.15, -0.1) is 0 Å². The van der Waals surface area contributed by atoms with Gasteiger partial charge in [0.05, 0.1) is 29.8 Å². The Morgan fingerprint density at radius 3 is 2.48 bits per heavy atom. The highest BCUT2D eigenvalue weighted by molar-refractivity contribution is 6.06. The number of hydrogen-bond acceptors (Lipinski definition) is 8. The summed E-state index contributed by atoms with van der Waals surface area (Å²) in [7, 11) is 0. The summed E-state index contributed by atoms with van der Waals surface area (Å²) in [5.74, 6) is 0.549. The number of hydrogen-bond donors (Lipinski definition) is 2. The van der Waals surface area contributed by atoms with Crippen LogP contribution in [-0.2, 0) is 17.8 Å². The minimum absolute atomic E-state index is 0.280. The Labute approximate surface area is 169 Å². The molecular formula is C21H28N4O4. The zero-order chi connectivity index (χ0) is 20.9. The van der Waals surface area contributed by atoms with Gasteiger partial charge in [0, 0.05) is 30.8 Å². The van der Waals surface area contributed by atoms with Gasteiger partial charge in [-0.25, -0.2) is 15.0 Å². The van der Waals surface area contributed by atoms with Gasteiger partial charge in [-0.3, -0.25) is 0 Å². The number of pyridine rings is 1. The molecule has 0 saturated heterocycles. The van der Waals surface area contributed by atoms with Gasteiger partial charge >= 0.3 is 0 Å². The van der Waals surface area contributed by atoms with E-state index >= 15 is 0 Å². The molecule has 8 heteroatoms. The number of aliphatic hydroxyl groups excluding tert-OH is 2. The van der Waals surface area contributed by atoms with Gasteiger partial charge in [0.1, 0.15) is 11.8 Å². The van der Waals surface area contributed by atoms with Crippen LogP contribution in [0.15, 0.2) is 10.7 Å². The van der Waals surface area contributed by atoms with E-state index in [4.69, 9.17) is 9.15 Å². The number of nitrogens with zero attached hydrogens (tertiary/aromatic N) is 4. The van der Waals surface area contributed by atoms with Crippen molar-refractivity contribution < 1.29 is 19.4 Å². The van der Waals surface area contributed by atoms with E-state index in [0.717, 1.165) is 28.6 Å². The number of aryl methyl sites for hydroxylation is 1. The highest BCUT2D eigenvalue weighted by Gasteiger charge is 2.32. The van der Waals surface area contributed by atoms with Crippen LogP contribution in [0.5, 0.6) is 0 Å². The fourth-order valence-corrected chi connectivity index (χ4v) is 4.07. The lowest BCUT2D eigenvalue weighted by Gasteiger charge is -2.32. The SMILES string of the molecule is Cc1nc2oc3c(N(C[C@H](C)O)C[C@H](C)O)ncnc3c2c2c1COC(C)(C)C2. The highest BCUT2D eigenvalue weighted by atomic mass is 16.5. The summed E-state index contributed by atoms with van der Waals surface area (Å²) in [6.07, 6.45) is 1.06. The van der Waals surface area contributed by atoms with Gasteiger partial charge in [0.25, 0.3) is 0 Å². The van der Waals surface area contributed by atoms with Gasteiger partial charge in [-0.1, -0.05) is 0 Å². The maximum Gasteiger partial charge on any atom is 0.229 e. The van der Waals surface area contributed by atoms with Crippen molar-refractivity contribution in [2.45, 2.75) is 65.5 Å². The second kappa shape index (κ2) is 7.19. The largest absolute Gasteiger partial charge is 0.432 e. The molecule has 2 atom stereocenters. The van der Waals surface area contributed by atoms with Crippen LogP contribution < -0.4 is 4.90 Å². The number of fused-ring (bicyclic) bond motifs is 5. The lowest BCUT2D eigenvalue weighted by atomic mass is 9.89. The van der Waals surface area contributed by atoms with Crippen LogP contribution in [0.1, 0.15) is 44.5 Å². The van der Waals surface area contributed by atoms with Crippen molar-refractivity contribution in [2.24, 2.45) is 0 Å². The molecule has 0 unspecified atom stereocenters. The molecule has 0 amide bonds. The van der Waals surface area contributed by atoms with Crippen LogP contribution in [0.25, 0.3) is 22.2 Å². The summed E-state index contributed by atoms with van der Waals surface area (Å²) >= 11 is 0. The Balaban J connectivity index is 1.95. The molecule has 2 N–H and O–H groups in total. The van der Waals surface area contributed by atoms with Crippen LogP contribution in [-0.4, -0.2) is 56.1 Å². The number of rotatable bonds is 5. The van der Waals surface area contributed by atoms with Crippen LogP contribution in [0.2, 0.25) is 0 Å². The van der Waals surface area contributed by atoms with Crippen LogP contribution >= 0.6 is 0 Å². The minimum atomic E-state index is -0.589. The number of aliphatic hydroxyl groups is 2. The van der Waals surface area contributed by atoms with E-state index < -0.39 is 12.2 Å². The van der Waals surface area contributed by atoms with Crippen molar-refractivity contribution in [3.63, 3.8) is 0 Å². The van der Waals surface area contributed by atoms with Crippen LogP contribution in [0, 0.1) is 6.92 Å². The summed E-state index contributed by atoms with van der Waals surface area (Å²) in [5.41, 5.74) is 4.61. The van der Waals surface area contributed by atoms with Gasteiger partial charge in [0.2, 0.25) is 5.71 Å². The summed E-state index contributed by atoms with van der Waals surface area (Å²) in [5, 5.41) is 20.8. The summed E-state index contributed by atoms with van der Waals surface area (Å²) in [4.78, 5) is 15.4. The lowest BCUT2D eigenvalue weighted by Crippen LogP contribution is -2.37. The van der Waals surface area contributed by atoms with Crippen molar-refractivity contribution in [1.29, 1.82) is 0 Å². The smallest absolute Gasteiger partial charge is 0.229 e. The Hall–Kier alpha value is -2.29. The molecule has 0 aliphatic carbocycles. The Morgan fingerprint density at radius 2 is 1.83 bits per heavy atom. The average Bonchev–Trinajstić information content (AvgIpc) is 2.97. The molecular weight excluding hydrogens is 372 g/mol. The first-order chi connectivity index (χ1) is 13.7. The van der Waals surface area contributed by atoms with Gasteiger partial charge < -0.3 is 24.3 Å². The second-order valence-corrected chi connectivity index (χ2v) is 8.64. The predicted molar refractivity (Wildman–Crippen MR) is 110 cm³/mol. The maximum atomic E-state index is 9.94. The third-order valence-electron chi connectivity index (χ3n) is 5.28. The van der Waals surface area contributed by atoms with Crippen LogP contribution in [0.3, 0.4) is 0 Å². The summed E-state index contributed by atoms with van der Waals surface area (Å²) in [6, 6.07) is 0. The molecule has 0 spiro atoms. The van der Waals surface area contributed by atoms with E-state index in [1.54, 1.807) is 13.8 Å². The van der Waals surface area contributed by atoms with Gasteiger partial charge in [-0.05, 0) is 40.2 Å². The van der Waals surface area contributed by atoms with E-state index in [2.05, 4.69) is 28.8 Å². The van der Waals surface area contributed by atoms with E-state index in [-0.39, 0.29) is 5.60 Å². The number of anilines is 1. The maximum absolute atomic E-state index is 9.94. The van der Waals surface area contributed by atoms with Gasteiger partial charge in [0.15, 0.2) is 11.4 Å². The van der Waals surface area contributed by atoms with Gasteiger partial charge in [-0.2, -0.15) is 0 Å². The standard InChI is InChI=1S/C21H28N4O4/c1-11(26)7-25(8-12(2)27)19-18-17(22-10-23-19)16-14-6-21(4,5)28-9-15(14)13(3)24-20(16)29-18/h10-12,26-27H,6-9H2,1-5H3/t11-,12-/m0/s1. The zero-order valence-electron chi connectivity index (χ0n) is 17.6. The molecule has 156 valence electrons. The third kappa shape index (κ3) is 3.68. The topological polar surface area (TPSA) is 105 Å². The lowest BCUT2D eigenvalue weighted by molar-refractivity contribution is -0.0400. The molecule has 0 radical (unpaired) electrons. The molecule has 3 aromatic heterocycles. The van der Waals surface area contributed by atoms with Crippen molar-refractivity contribution >= 4 is 28.0 Å². The zero-order valence-corrected chi connectivity index (χ0v) is 17.6. The summed E-state index contributed by atoms with van der Waals surface area (Å²) in [6.45, 7) is 10.7. The first kappa shape index (κ1) is 20.0. The molecule has 0 saturated carbocycles. The fourth-order valence-electron chi connectivity index (χ4n) is 4.07. The first-order valence-electron chi connectivity index (χ1n) is 9.97. The normalized spacial score (nSPS) is 18.0. The predicted octanol–water partition coefficient (Wildman–Crippen LogP) is 2.50. The van der Waals surface area contributed by atoms with E-state index in [1.165, 1.54) is 6.33 Å². The Bertz CT molecular complexity index is 1050. The third-order valence-corrected chi connectivity index (χ3v) is 5.28. The molecule has 29 heavy (non-hydrogen) atoms. The molecule has 4 heterocycles. The van der Waals surface area contributed by atoms with E-state index in [9.17, 15) is 10.2 Å². The molecule has 0 aromatic carbocycles. The minimum Gasteiger partial charge on any atom is -0.432 e. The average molecular weight is 400 g/mol. The molecule has 8 nitrogen and oxygen atoms in total. The quantitative estimate of drug-likeness (QED) is 0.673. The molecule has 1 aliphatic rings. The summed E-state index contributed by atoms with van der Waals surface area (Å²) < 4.78 is 12.2. The number of aromatic nitrogens is 3. The fraction of sp³-hybridized carbons (Fsp3) is 0.571. The van der Waals surface area contributed by atoms with E-state index in [0.29, 0.717) is 42.3 Å². The molecule has 0 fully saturated rings. The first-order valence-corrected chi connectivity index (χ1v) is 9.97. The Kier molecular flexibility index (Phi) is 4.96. The molecule has 1 aliphatic heterocycles. The monoisotopic (exact) mass is 400 g/mol. The molecule has 3 aromatic rings. The molecule has 4 rings (SSSR count). The van der Waals surface area contributed by atoms with Crippen molar-refractivity contribution in [3.05, 3.63) is 23.1 Å². The van der Waals surface area contributed by atoms with E-state index in [1.807, 2.05) is 11.8 Å². The second-order valence-electron chi connectivity index (χ2n) is 8.64. The van der Waals surface area contributed by atoms with Crippen LogP contribution in [0.4, 0.5) is 5.82 Å². The molecule has 0 bridgehead atoms. The number of furan rings is 1.